The van der Waals surface area contributed by atoms with Gasteiger partial charge >= 0.3 is 0 Å². The summed E-state index contributed by atoms with van der Waals surface area (Å²) in [6, 6.07) is 3.89. The van der Waals surface area contributed by atoms with Crippen LogP contribution in [0.3, 0.4) is 0 Å². The number of nitrogens with one attached hydrogen (secondary N) is 1. The number of hydrogen-bond acceptors (Lipinski definition) is 8. The second-order valence-electron chi connectivity index (χ2n) is 7.60. The molecule has 2 amide bonds. The van der Waals surface area contributed by atoms with Crippen molar-refractivity contribution < 1.29 is 22.5 Å². The average molecular weight is 484 g/mol. The molecule has 32 heavy (non-hydrogen) atoms. The molecule has 0 atom stereocenters. The molecule has 2 aromatic rings. The topological polar surface area (TPSA) is 116 Å². The van der Waals surface area contributed by atoms with E-state index in [-0.39, 0.29) is 48.6 Å². The van der Waals surface area contributed by atoms with Gasteiger partial charge in [-0.3, -0.25) is 14.5 Å². The van der Waals surface area contributed by atoms with Crippen LogP contribution in [0.2, 0.25) is 0 Å². The molecule has 10 nitrogen and oxygen atoms in total. The van der Waals surface area contributed by atoms with Gasteiger partial charge in [0.2, 0.25) is 21.8 Å². The normalized spacial score (nSPS) is 15.3. The van der Waals surface area contributed by atoms with Crippen LogP contribution in [0.15, 0.2) is 26.9 Å². The van der Waals surface area contributed by atoms with Gasteiger partial charge in [0.25, 0.3) is 0 Å². The Morgan fingerprint density at radius 1 is 1.22 bits per heavy atom. The monoisotopic (exact) mass is 483 g/mol. The Hall–Kier alpha value is -2.28. The zero-order valence-electron chi connectivity index (χ0n) is 18.5. The standard InChI is InChI=1S/C20H29N5O5S2/c1-4-23(13-18(26)21-12-17-6-5-11-31-17)14-19(27)24-7-9-25(10-8-24)32(28,29)20-15(2)22-30-16(20)3/h5-6,11H,4,7-10,12-14H2,1-3H3,(H,21,26). The first-order valence-electron chi connectivity index (χ1n) is 10.4. The molecule has 3 heterocycles. The van der Waals surface area contributed by atoms with Crippen molar-refractivity contribution >= 4 is 33.2 Å². The highest BCUT2D eigenvalue weighted by molar-refractivity contribution is 7.89. The lowest BCUT2D eigenvalue weighted by molar-refractivity contribution is -0.134. The largest absolute Gasteiger partial charge is 0.360 e. The smallest absolute Gasteiger partial charge is 0.248 e. The van der Waals surface area contributed by atoms with Gasteiger partial charge < -0.3 is 14.7 Å². The molecular weight excluding hydrogens is 454 g/mol. The molecule has 3 rings (SSSR count). The predicted octanol–water partition coefficient (Wildman–Crippen LogP) is 0.824. The lowest BCUT2D eigenvalue weighted by atomic mass is 10.3. The molecule has 1 N–H and O–H groups in total. The highest BCUT2D eigenvalue weighted by Gasteiger charge is 2.34. The molecule has 1 aliphatic rings. The summed E-state index contributed by atoms with van der Waals surface area (Å²) in [7, 11) is -3.72. The molecule has 0 bridgehead atoms. The number of aromatic nitrogens is 1. The molecule has 0 spiro atoms. The van der Waals surface area contributed by atoms with E-state index in [1.165, 1.54) is 4.31 Å². The van der Waals surface area contributed by atoms with Crippen LogP contribution in [0.4, 0.5) is 0 Å². The molecule has 12 heteroatoms. The van der Waals surface area contributed by atoms with Gasteiger partial charge in [-0.25, -0.2) is 8.42 Å². The third-order valence-electron chi connectivity index (χ3n) is 5.37. The molecule has 0 aromatic carbocycles. The summed E-state index contributed by atoms with van der Waals surface area (Å²) < 4.78 is 32.2. The number of thiophene rings is 1. The third kappa shape index (κ3) is 5.74. The highest BCUT2D eigenvalue weighted by atomic mass is 32.2. The van der Waals surface area contributed by atoms with Crippen LogP contribution in [0.5, 0.6) is 0 Å². The molecule has 0 saturated carbocycles. The molecule has 0 unspecified atom stereocenters. The van der Waals surface area contributed by atoms with Gasteiger partial charge in [-0.15, -0.1) is 11.3 Å². The number of hydrogen-bond donors (Lipinski definition) is 1. The maximum Gasteiger partial charge on any atom is 0.248 e. The van der Waals surface area contributed by atoms with E-state index in [0.717, 1.165) is 4.88 Å². The van der Waals surface area contributed by atoms with E-state index in [4.69, 9.17) is 4.52 Å². The zero-order chi connectivity index (χ0) is 23.3. The van der Waals surface area contributed by atoms with Crippen LogP contribution in [-0.2, 0) is 26.2 Å². The fourth-order valence-electron chi connectivity index (χ4n) is 3.58. The molecule has 0 aliphatic carbocycles. The summed E-state index contributed by atoms with van der Waals surface area (Å²) in [6.45, 7) is 7.33. The van der Waals surface area contributed by atoms with E-state index in [2.05, 4.69) is 10.5 Å². The fraction of sp³-hybridized carbons (Fsp3) is 0.550. The average Bonchev–Trinajstić information content (AvgIpc) is 3.41. The van der Waals surface area contributed by atoms with Gasteiger partial charge in [0, 0.05) is 31.1 Å². The lowest BCUT2D eigenvalue weighted by Crippen LogP contribution is -2.53. The number of amides is 2. The van der Waals surface area contributed by atoms with E-state index in [1.54, 1.807) is 35.0 Å². The van der Waals surface area contributed by atoms with E-state index in [1.807, 2.05) is 24.4 Å². The Balaban J connectivity index is 1.49. The minimum Gasteiger partial charge on any atom is -0.360 e. The van der Waals surface area contributed by atoms with Crippen LogP contribution in [0.1, 0.15) is 23.3 Å². The van der Waals surface area contributed by atoms with Crippen molar-refractivity contribution in [3.8, 4) is 0 Å². The van der Waals surface area contributed by atoms with Crippen molar-refractivity contribution in [3.63, 3.8) is 0 Å². The molecule has 2 aromatic heterocycles. The Labute approximate surface area is 192 Å². The molecular formula is C20H29N5O5S2. The first-order valence-corrected chi connectivity index (χ1v) is 12.8. The van der Waals surface area contributed by atoms with E-state index >= 15 is 0 Å². The first kappa shape index (κ1) is 24.4. The lowest BCUT2D eigenvalue weighted by Gasteiger charge is -2.35. The molecule has 0 radical (unpaired) electrons. The number of aryl methyl sites for hydroxylation is 2. The zero-order valence-corrected chi connectivity index (χ0v) is 20.2. The SMILES string of the molecule is CCN(CC(=O)NCc1cccs1)CC(=O)N1CCN(S(=O)(=O)c2c(C)noc2C)CC1. The fourth-order valence-corrected chi connectivity index (χ4v) is 5.94. The first-order chi connectivity index (χ1) is 15.2. The second-order valence-corrected chi connectivity index (χ2v) is 10.5. The number of carbonyl (C=O) groups is 2. The Kier molecular flexibility index (Phi) is 8.04. The van der Waals surface area contributed by atoms with Gasteiger partial charge in [0.05, 0.1) is 19.6 Å². The minimum atomic E-state index is -3.72. The Bertz CT molecular complexity index is 1010. The third-order valence-corrected chi connectivity index (χ3v) is 8.39. The van der Waals surface area contributed by atoms with Crippen LogP contribution < -0.4 is 5.32 Å². The maximum absolute atomic E-state index is 12.9. The van der Waals surface area contributed by atoms with E-state index in [9.17, 15) is 18.0 Å². The van der Waals surface area contributed by atoms with Crippen molar-refractivity contribution in [2.24, 2.45) is 0 Å². The van der Waals surface area contributed by atoms with Gasteiger partial charge in [-0.1, -0.05) is 18.1 Å². The summed E-state index contributed by atoms with van der Waals surface area (Å²) in [4.78, 5) is 29.6. The number of piperazine rings is 1. The number of carbonyl (C=O) groups excluding carboxylic acids is 2. The predicted molar refractivity (Wildman–Crippen MR) is 120 cm³/mol. The summed E-state index contributed by atoms with van der Waals surface area (Å²) >= 11 is 1.58. The van der Waals surface area contributed by atoms with Crippen LogP contribution in [-0.4, -0.2) is 85.3 Å². The highest BCUT2D eigenvalue weighted by Crippen LogP contribution is 2.24. The van der Waals surface area contributed by atoms with Crippen molar-refractivity contribution in [1.82, 2.24) is 24.6 Å². The van der Waals surface area contributed by atoms with Crippen LogP contribution in [0, 0.1) is 13.8 Å². The molecule has 1 saturated heterocycles. The van der Waals surface area contributed by atoms with Gasteiger partial charge in [0.15, 0.2) is 5.76 Å². The number of nitrogens with zero attached hydrogens (tertiary/aromatic N) is 4. The minimum absolute atomic E-state index is 0.1000. The number of sulfonamides is 1. The quantitative estimate of drug-likeness (QED) is 0.561. The Morgan fingerprint density at radius 2 is 1.94 bits per heavy atom. The van der Waals surface area contributed by atoms with Crippen molar-refractivity contribution in [1.29, 1.82) is 0 Å². The van der Waals surface area contributed by atoms with Crippen molar-refractivity contribution in [3.05, 3.63) is 33.8 Å². The number of rotatable bonds is 9. The molecule has 176 valence electrons. The molecule has 1 aliphatic heterocycles. The van der Waals surface area contributed by atoms with Gasteiger partial charge in [0.1, 0.15) is 10.6 Å². The van der Waals surface area contributed by atoms with E-state index in [0.29, 0.717) is 31.9 Å². The maximum atomic E-state index is 12.9. The van der Waals surface area contributed by atoms with Crippen molar-refractivity contribution in [2.75, 3.05) is 45.8 Å². The number of likely N-dealkylation sites (N-methyl/N-ethyl adjacent to an activating group) is 1. The summed E-state index contributed by atoms with van der Waals surface area (Å²) in [5.41, 5.74) is 0.331. The van der Waals surface area contributed by atoms with Crippen LogP contribution in [0.25, 0.3) is 0 Å². The molecule has 1 fully saturated rings. The summed E-state index contributed by atoms with van der Waals surface area (Å²) in [6.07, 6.45) is 0. The van der Waals surface area contributed by atoms with E-state index < -0.39 is 10.0 Å². The second kappa shape index (κ2) is 10.6. The van der Waals surface area contributed by atoms with Crippen molar-refractivity contribution in [2.45, 2.75) is 32.2 Å². The Morgan fingerprint density at radius 3 is 2.50 bits per heavy atom. The summed E-state index contributed by atoms with van der Waals surface area (Å²) in [5, 5.41) is 8.55. The van der Waals surface area contributed by atoms with Gasteiger partial charge in [-0.05, 0) is 31.8 Å². The summed E-state index contributed by atoms with van der Waals surface area (Å²) in [5.74, 6) is 0.00710. The van der Waals surface area contributed by atoms with Gasteiger partial charge in [-0.2, -0.15) is 4.31 Å². The van der Waals surface area contributed by atoms with Crippen LogP contribution >= 0.6 is 11.3 Å².